The van der Waals surface area contributed by atoms with Crippen molar-refractivity contribution in [2.24, 2.45) is 4.99 Å². The van der Waals surface area contributed by atoms with Gasteiger partial charge in [0.05, 0.1) is 51.8 Å². The molecule has 0 spiro atoms. The maximum atomic E-state index is 14.6. The zero-order valence-electron chi connectivity index (χ0n) is 35.8. The average Bonchev–Trinajstić information content (AvgIpc) is 3.20. The number of nitrogens with one attached hydrogen (secondary N) is 2. The van der Waals surface area contributed by atoms with Gasteiger partial charge in [0.2, 0.25) is 10.0 Å². The van der Waals surface area contributed by atoms with E-state index in [-0.39, 0.29) is 69.2 Å². The van der Waals surface area contributed by atoms with Crippen LogP contribution in [0.5, 0.6) is 0 Å². The van der Waals surface area contributed by atoms with Gasteiger partial charge in [-0.15, -0.1) is 5.06 Å². The number of rotatable bonds is 25. The van der Waals surface area contributed by atoms with E-state index in [0.717, 1.165) is 31.4 Å². The molecule has 3 aromatic carbocycles. The Labute approximate surface area is 369 Å². The Morgan fingerprint density at radius 2 is 1.61 bits per heavy atom. The largest absolute Gasteiger partial charge is 0.395 e. The van der Waals surface area contributed by atoms with Crippen molar-refractivity contribution >= 4 is 84.5 Å². The summed E-state index contributed by atoms with van der Waals surface area (Å²) in [7, 11) is -0.628. The number of halogens is 2. The molecule has 61 heavy (non-hydrogen) atoms. The van der Waals surface area contributed by atoms with Gasteiger partial charge in [-0.1, -0.05) is 87.9 Å². The molecule has 3 N–H and O–H groups in total. The Bertz CT molecular complexity index is 2320. The van der Waals surface area contributed by atoms with Crippen molar-refractivity contribution < 1.29 is 28.0 Å². The molecule has 0 unspecified atom stereocenters. The Kier molecular flexibility index (Phi) is 19.5. The summed E-state index contributed by atoms with van der Waals surface area (Å²) < 4.78 is 30.0. The van der Waals surface area contributed by atoms with Gasteiger partial charge in [0.25, 0.3) is 11.5 Å². The highest BCUT2D eigenvalue weighted by atomic mass is 35.5. The Morgan fingerprint density at radius 1 is 0.918 bits per heavy atom. The molecule has 17 heteroatoms. The molecule has 0 atom stereocenters. The molecule has 1 amide bonds. The molecule has 0 aliphatic carbocycles. The summed E-state index contributed by atoms with van der Waals surface area (Å²) in [6.45, 7) is 6.76. The number of benzene rings is 3. The minimum atomic E-state index is -3.72. The third kappa shape index (κ3) is 15.1. The summed E-state index contributed by atoms with van der Waals surface area (Å²) >= 11 is 12.9. The smallest absolute Gasteiger partial charge is 0.326 e. The summed E-state index contributed by atoms with van der Waals surface area (Å²) in [5.74, 6) is -1.67. The van der Waals surface area contributed by atoms with Gasteiger partial charge in [0.15, 0.2) is 11.5 Å². The van der Waals surface area contributed by atoms with E-state index in [4.69, 9.17) is 38.0 Å². The topological polar surface area (TPSA) is 176 Å². The lowest BCUT2D eigenvalue weighted by molar-refractivity contribution is -0.178. The molecule has 332 valence electrons. The Morgan fingerprint density at radius 3 is 2.25 bits per heavy atom. The number of hydrogen-bond donors (Lipinski definition) is 3. The molecule has 0 fully saturated rings. The first-order valence-corrected chi connectivity index (χ1v) is 23.3. The van der Waals surface area contributed by atoms with Crippen LogP contribution in [0.15, 0.2) is 64.4 Å². The van der Waals surface area contributed by atoms with Crippen LogP contribution in [-0.4, -0.2) is 85.3 Å². The number of aliphatic hydroxyl groups is 1. The van der Waals surface area contributed by atoms with E-state index in [1.54, 1.807) is 32.3 Å². The molecule has 0 aliphatic heterocycles. The fraction of sp³-hybridized carbons (Fsp3) is 0.477. The van der Waals surface area contributed by atoms with E-state index in [9.17, 15) is 27.9 Å². The minimum Gasteiger partial charge on any atom is -0.395 e. The number of carbonyl (C=O) groups excluding carboxylic acids is 2. The second kappa shape index (κ2) is 24.2. The monoisotopic (exact) mass is 899 g/mol. The minimum absolute atomic E-state index is 0.0415. The summed E-state index contributed by atoms with van der Waals surface area (Å²) in [5, 5.41) is 14.1. The molecule has 14 nitrogen and oxygen atoms in total. The van der Waals surface area contributed by atoms with Gasteiger partial charge in [0, 0.05) is 44.4 Å². The fourth-order valence-electron chi connectivity index (χ4n) is 6.78. The number of carbonyl (C=O) groups is 2. The van der Waals surface area contributed by atoms with Crippen molar-refractivity contribution in [2.75, 3.05) is 54.5 Å². The molecular formula is C44H59Cl2N7O7S. The molecule has 0 radical (unpaired) electrons. The van der Waals surface area contributed by atoms with Gasteiger partial charge < -0.3 is 20.2 Å². The van der Waals surface area contributed by atoms with Crippen LogP contribution >= 0.6 is 23.2 Å². The number of aliphatic hydroxyl groups excluding tert-OH is 1. The van der Waals surface area contributed by atoms with Gasteiger partial charge in [-0.2, -0.15) is 0 Å². The highest BCUT2D eigenvalue weighted by Crippen LogP contribution is 2.29. The molecule has 4 aromatic rings. The molecule has 4 rings (SSSR count). The van der Waals surface area contributed by atoms with Crippen LogP contribution in [0.25, 0.3) is 10.9 Å². The van der Waals surface area contributed by atoms with E-state index in [1.807, 2.05) is 30.9 Å². The lowest BCUT2D eigenvalue weighted by atomic mass is 10.1. The number of hydroxylamine groups is 2. The first-order chi connectivity index (χ1) is 29.2. The maximum absolute atomic E-state index is 14.6. The Balaban J connectivity index is 1.69. The second-order valence-corrected chi connectivity index (χ2v) is 17.8. The van der Waals surface area contributed by atoms with Crippen molar-refractivity contribution in [3.05, 3.63) is 86.4 Å². The Hall–Kier alpha value is -4.54. The third-order valence-corrected chi connectivity index (χ3v) is 11.9. The molecule has 0 bridgehead atoms. The predicted octanol–water partition coefficient (Wildman–Crippen LogP) is 8.66. The van der Waals surface area contributed by atoms with Crippen molar-refractivity contribution in [1.82, 2.24) is 14.6 Å². The van der Waals surface area contributed by atoms with Gasteiger partial charge in [-0.05, 0) is 80.4 Å². The molecule has 0 saturated carbocycles. The van der Waals surface area contributed by atoms with Crippen molar-refractivity contribution in [3.8, 4) is 0 Å². The van der Waals surface area contributed by atoms with Crippen LogP contribution in [0.3, 0.4) is 0 Å². The van der Waals surface area contributed by atoms with E-state index >= 15 is 0 Å². The van der Waals surface area contributed by atoms with Crippen LogP contribution in [0, 0.1) is 6.92 Å². The highest BCUT2D eigenvalue weighted by molar-refractivity contribution is 7.92. The predicted molar refractivity (Wildman–Crippen MR) is 247 cm³/mol. The van der Waals surface area contributed by atoms with Gasteiger partial charge in [-0.25, -0.2) is 18.4 Å². The number of anilines is 3. The quantitative estimate of drug-likeness (QED) is 0.0332. The first-order valence-electron chi connectivity index (χ1n) is 20.9. The van der Waals surface area contributed by atoms with Crippen LogP contribution < -0.4 is 20.5 Å². The van der Waals surface area contributed by atoms with Crippen molar-refractivity contribution in [3.63, 3.8) is 0 Å². The van der Waals surface area contributed by atoms with Crippen LogP contribution in [0.2, 0.25) is 10.0 Å². The summed E-state index contributed by atoms with van der Waals surface area (Å²) in [4.78, 5) is 58.2. The summed E-state index contributed by atoms with van der Waals surface area (Å²) in [6.07, 6.45) is 10.5. The van der Waals surface area contributed by atoms with E-state index < -0.39 is 27.5 Å². The zero-order valence-corrected chi connectivity index (χ0v) is 38.1. The lowest BCUT2D eigenvalue weighted by Crippen LogP contribution is -2.34. The molecule has 1 heterocycles. The number of sulfonamides is 1. The van der Waals surface area contributed by atoms with Crippen molar-refractivity contribution in [1.29, 1.82) is 0 Å². The first kappa shape index (κ1) is 49.1. The number of unbranched alkanes of at least 4 members (excludes halogenated alkanes) is 9. The van der Waals surface area contributed by atoms with Gasteiger partial charge in [0.1, 0.15) is 0 Å². The maximum Gasteiger partial charge on any atom is 0.326 e. The van der Waals surface area contributed by atoms with E-state index in [0.29, 0.717) is 30.8 Å². The molecular weight excluding hydrogens is 841 g/mol. The zero-order chi connectivity index (χ0) is 44.5. The molecule has 0 aliphatic rings. The third-order valence-electron chi connectivity index (χ3n) is 9.95. The van der Waals surface area contributed by atoms with Crippen LogP contribution in [0.1, 0.15) is 95.9 Å². The summed E-state index contributed by atoms with van der Waals surface area (Å²) in [5.41, 5.74) is 1.49. The average molecular weight is 901 g/mol. The normalized spacial score (nSPS) is 11.9. The molecule has 0 saturated heterocycles. The van der Waals surface area contributed by atoms with Crippen LogP contribution in [-0.2, 0) is 31.0 Å². The number of hydrogen-bond acceptors (Lipinski definition) is 11. The number of aromatic nitrogens is 2. The van der Waals surface area contributed by atoms with E-state index in [2.05, 4.69) is 17.0 Å². The number of amides is 1. The van der Waals surface area contributed by atoms with Gasteiger partial charge >= 0.3 is 5.97 Å². The SMILES string of the molecule is CCCCCCCCCCCCS(=O)(=O)Nc1ccc(Cl)c(NC(=O)/C(=N\c2ccc(N(CC)CCO)cc2C)c2nc3ccc(Cl)cc3c(=O)n2CCC(=O)ON(C)C)c1. The molecule has 1 aromatic heterocycles. The lowest BCUT2D eigenvalue weighted by Gasteiger charge is -2.22. The van der Waals surface area contributed by atoms with Crippen molar-refractivity contribution in [2.45, 2.75) is 97.9 Å². The standard InChI is InChI=1S/C44H59Cl2N7O7S/c1-6-8-9-10-11-12-13-14-15-16-27-61(58,59)50-33-18-20-36(46)39(30-33)49-43(56)41(47-37-22-19-34(28-31(37)3)52(7-2)25-26-54)42-48-38-21-17-32(45)29-35(38)44(57)53(42)24-23-40(55)60-51(4)5/h17-22,28-30,50,54H,6-16,23-27H2,1-5H3,(H,49,56)/b47-41-. The van der Waals surface area contributed by atoms with Gasteiger partial charge in [-0.3, -0.25) is 23.7 Å². The summed E-state index contributed by atoms with van der Waals surface area (Å²) in [6, 6.07) is 14.3. The number of likely N-dealkylation sites (N-methyl/N-ethyl adjacent to an activating group) is 1. The number of fused-ring (bicyclic) bond motifs is 1. The number of aryl methyl sites for hydroxylation is 1. The number of aliphatic imine (C=N–C) groups is 1. The number of nitrogens with zero attached hydrogens (tertiary/aromatic N) is 5. The highest BCUT2D eigenvalue weighted by Gasteiger charge is 2.25. The van der Waals surface area contributed by atoms with E-state index in [1.165, 1.54) is 66.0 Å². The van der Waals surface area contributed by atoms with Crippen LogP contribution in [0.4, 0.5) is 22.7 Å². The fourth-order valence-corrected chi connectivity index (χ4v) is 8.29. The second-order valence-electron chi connectivity index (χ2n) is 15.1.